The Morgan fingerprint density at radius 2 is 2.06 bits per heavy atom. The zero-order chi connectivity index (χ0) is 12.8. The maximum Gasteiger partial charge on any atom is 0.302 e. The Bertz CT molecular complexity index is 379. The van der Waals surface area contributed by atoms with Gasteiger partial charge in [-0.15, -0.1) is 0 Å². The third-order valence-electron chi connectivity index (χ3n) is 2.38. The van der Waals surface area contributed by atoms with Gasteiger partial charge in [-0.1, -0.05) is 34.1 Å². The summed E-state index contributed by atoms with van der Waals surface area (Å²) in [5.74, 6) is 0.585. The van der Waals surface area contributed by atoms with Crippen molar-refractivity contribution in [1.29, 1.82) is 0 Å². The number of ether oxygens (including phenoxy) is 2. The molecule has 0 aliphatic heterocycles. The Hall–Kier alpha value is -1.03. The minimum atomic E-state index is -0.253. The van der Waals surface area contributed by atoms with E-state index in [0.717, 1.165) is 11.3 Å². The normalized spacial score (nSPS) is 13.9. The minimum Gasteiger partial charge on any atom is -0.496 e. The molecule has 1 aromatic carbocycles. The quantitative estimate of drug-likeness (QED) is 0.617. The average molecular weight is 301 g/mol. The Morgan fingerprint density at radius 1 is 1.41 bits per heavy atom. The molecular formula is C13H17BrO3. The van der Waals surface area contributed by atoms with Crippen LogP contribution >= 0.6 is 15.9 Å². The van der Waals surface area contributed by atoms with Crippen LogP contribution in [0.3, 0.4) is 0 Å². The first-order chi connectivity index (χ1) is 8.04. The van der Waals surface area contributed by atoms with Crippen molar-refractivity contribution in [2.75, 3.05) is 7.11 Å². The number of alkyl halides is 1. The van der Waals surface area contributed by atoms with Crippen LogP contribution in [0.25, 0.3) is 0 Å². The maximum atomic E-state index is 10.8. The first-order valence-corrected chi connectivity index (χ1v) is 6.40. The highest BCUT2D eigenvalue weighted by atomic mass is 79.9. The van der Waals surface area contributed by atoms with E-state index >= 15 is 0 Å². The molecule has 3 nitrogen and oxygen atoms in total. The smallest absolute Gasteiger partial charge is 0.302 e. The summed E-state index contributed by atoms with van der Waals surface area (Å²) >= 11 is 3.60. The van der Waals surface area contributed by atoms with E-state index in [0.29, 0.717) is 6.42 Å². The van der Waals surface area contributed by atoms with Crippen molar-refractivity contribution in [2.45, 2.75) is 31.2 Å². The van der Waals surface area contributed by atoms with Crippen LogP contribution in [-0.4, -0.2) is 19.2 Å². The number of carbonyl (C=O) groups excluding carboxylic acids is 1. The van der Waals surface area contributed by atoms with Crippen LogP contribution in [0.2, 0.25) is 0 Å². The summed E-state index contributed by atoms with van der Waals surface area (Å²) in [5, 5.41) is 0. The summed E-state index contributed by atoms with van der Waals surface area (Å²) in [5.41, 5.74) is 1.06. The summed E-state index contributed by atoms with van der Waals surface area (Å²) in [7, 11) is 1.65. The molecule has 0 spiro atoms. The molecule has 0 amide bonds. The van der Waals surface area contributed by atoms with Crippen LogP contribution in [0.5, 0.6) is 5.75 Å². The molecule has 0 bridgehead atoms. The minimum absolute atomic E-state index is 0.105. The van der Waals surface area contributed by atoms with Gasteiger partial charge in [0.05, 0.1) is 7.11 Å². The number of benzene rings is 1. The van der Waals surface area contributed by atoms with Crippen molar-refractivity contribution >= 4 is 21.9 Å². The lowest BCUT2D eigenvalue weighted by Crippen LogP contribution is -2.14. The van der Waals surface area contributed by atoms with Crippen LogP contribution in [0.15, 0.2) is 24.3 Å². The number of rotatable bonds is 5. The first kappa shape index (κ1) is 14.0. The van der Waals surface area contributed by atoms with Gasteiger partial charge in [0, 0.05) is 23.7 Å². The van der Waals surface area contributed by atoms with E-state index in [1.165, 1.54) is 6.92 Å². The molecule has 1 aromatic rings. The predicted molar refractivity (Wildman–Crippen MR) is 70.5 cm³/mol. The monoisotopic (exact) mass is 300 g/mol. The van der Waals surface area contributed by atoms with Gasteiger partial charge >= 0.3 is 5.97 Å². The van der Waals surface area contributed by atoms with Crippen LogP contribution in [0.4, 0.5) is 0 Å². The number of para-hydroxylation sites is 1. The number of halogens is 1. The standard InChI is InChI=1S/C13H17BrO3/c1-9(17-10(2)15)8-12(14)11-6-4-5-7-13(11)16-3/h4-7,9,12H,8H2,1-3H3/t9?,12-/m0/s1. The topological polar surface area (TPSA) is 35.5 Å². The Balaban J connectivity index is 2.69. The van der Waals surface area contributed by atoms with Crippen LogP contribution in [0, 0.1) is 0 Å². The largest absolute Gasteiger partial charge is 0.496 e. The Kier molecular flexibility index (Phi) is 5.48. The highest BCUT2D eigenvalue weighted by molar-refractivity contribution is 9.09. The first-order valence-electron chi connectivity index (χ1n) is 5.48. The third-order valence-corrected chi connectivity index (χ3v) is 3.25. The molecule has 94 valence electrons. The van der Waals surface area contributed by atoms with Gasteiger partial charge in [-0.05, 0) is 13.0 Å². The van der Waals surface area contributed by atoms with Gasteiger partial charge in [0.1, 0.15) is 11.9 Å². The Morgan fingerprint density at radius 3 is 2.65 bits per heavy atom. The molecule has 0 N–H and O–H groups in total. The highest BCUT2D eigenvalue weighted by Crippen LogP contribution is 2.34. The van der Waals surface area contributed by atoms with E-state index < -0.39 is 0 Å². The molecule has 0 aromatic heterocycles. The SMILES string of the molecule is COc1ccccc1[C@@H](Br)CC(C)OC(C)=O. The van der Waals surface area contributed by atoms with Gasteiger partial charge < -0.3 is 9.47 Å². The molecule has 1 unspecified atom stereocenters. The van der Waals surface area contributed by atoms with Crippen molar-refractivity contribution in [3.63, 3.8) is 0 Å². The van der Waals surface area contributed by atoms with E-state index in [2.05, 4.69) is 15.9 Å². The van der Waals surface area contributed by atoms with Crippen molar-refractivity contribution in [1.82, 2.24) is 0 Å². The molecule has 0 aliphatic rings. The molecule has 1 rings (SSSR count). The summed E-state index contributed by atoms with van der Waals surface area (Å²) in [6.45, 7) is 3.30. The summed E-state index contributed by atoms with van der Waals surface area (Å²) in [6.07, 6.45) is 0.585. The zero-order valence-corrected chi connectivity index (χ0v) is 11.9. The molecule has 0 saturated carbocycles. The van der Waals surface area contributed by atoms with Gasteiger partial charge in [0.2, 0.25) is 0 Å². The van der Waals surface area contributed by atoms with Gasteiger partial charge in [-0.25, -0.2) is 0 Å². The number of carbonyl (C=O) groups is 1. The second-order valence-corrected chi connectivity index (χ2v) is 4.97. The number of hydrogen-bond acceptors (Lipinski definition) is 3. The van der Waals surface area contributed by atoms with Crippen molar-refractivity contribution in [3.05, 3.63) is 29.8 Å². The fraction of sp³-hybridized carbons (Fsp3) is 0.462. The van der Waals surface area contributed by atoms with E-state index in [1.807, 2.05) is 31.2 Å². The van der Waals surface area contributed by atoms with E-state index in [4.69, 9.17) is 9.47 Å². The second-order valence-electron chi connectivity index (χ2n) is 3.87. The predicted octanol–water partition coefficient (Wildman–Crippen LogP) is 3.47. The van der Waals surface area contributed by atoms with Crippen LogP contribution in [0.1, 0.15) is 30.7 Å². The van der Waals surface area contributed by atoms with E-state index in [1.54, 1.807) is 7.11 Å². The van der Waals surface area contributed by atoms with Crippen LogP contribution < -0.4 is 4.74 Å². The highest BCUT2D eigenvalue weighted by Gasteiger charge is 2.17. The van der Waals surface area contributed by atoms with Gasteiger partial charge in [-0.2, -0.15) is 0 Å². The molecule has 0 aliphatic carbocycles. The molecule has 0 radical (unpaired) electrons. The molecule has 2 atom stereocenters. The average Bonchev–Trinajstić information content (AvgIpc) is 2.27. The number of methoxy groups -OCH3 is 1. The third kappa shape index (κ3) is 4.38. The fourth-order valence-corrected chi connectivity index (χ4v) is 2.58. The van der Waals surface area contributed by atoms with Gasteiger partial charge in [0.15, 0.2) is 0 Å². The number of esters is 1. The summed E-state index contributed by atoms with van der Waals surface area (Å²) in [6, 6.07) is 7.80. The van der Waals surface area contributed by atoms with Crippen molar-refractivity contribution in [2.24, 2.45) is 0 Å². The summed E-state index contributed by atoms with van der Waals surface area (Å²) in [4.78, 5) is 10.9. The number of hydrogen-bond donors (Lipinski definition) is 0. The van der Waals surface area contributed by atoms with Crippen molar-refractivity contribution in [3.8, 4) is 5.75 Å². The molecule has 0 saturated heterocycles. The van der Waals surface area contributed by atoms with Crippen molar-refractivity contribution < 1.29 is 14.3 Å². The fourth-order valence-electron chi connectivity index (χ4n) is 1.68. The maximum absolute atomic E-state index is 10.8. The van der Waals surface area contributed by atoms with E-state index in [9.17, 15) is 4.79 Å². The molecule has 17 heavy (non-hydrogen) atoms. The summed E-state index contributed by atoms with van der Waals surface area (Å²) < 4.78 is 10.4. The van der Waals surface area contributed by atoms with Crippen LogP contribution in [-0.2, 0) is 9.53 Å². The van der Waals surface area contributed by atoms with Gasteiger partial charge in [0.25, 0.3) is 0 Å². The molecule has 0 heterocycles. The lowest BCUT2D eigenvalue weighted by atomic mass is 10.1. The molecular weight excluding hydrogens is 284 g/mol. The molecule has 0 fully saturated rings. The Labute approximate surface area is 110 Å². The van der Waals surface area contributed by atoms with E-state index in [-0.39, 0.29) is 16.9 Å². The lowest BCUT2D eigenvalue weighted by Gasteiger charge is -2.18. The lowest BCUT2D eigenvalue weighted by molar-refractivity contribution is -0.145. The molecule has 4 heteroatoms. The van der Waals surface area contributed by atoms with Gasteiger partial charge in [-0.3, -0.25) is 4.79 Å². The zero-order valence-electron chi connectivity index (χ0n) is 10.3. The second kappa shape index (κ2) is 6.64.